The van der Waals surface area contributed by atoms with Crippen molar-refractivity contribution >= 4 is 0 Å². The molecule has 0 aromatic rings. The first-order valence-electron chi connectivity index (χ1n) is 3.48. The van der Waals surface area contributed by atoms with Crippen molar-refractivity contribution in [1.82, 2.24) is 0 Å². The van der Waals surface area contributed by atoms with Crippen molar-refractivity contribution in [3.05, 3.63) is 44.2 Å². The van der Waals surface area contributed by atoms with Crippen molar-refractivity contribution in [3.8, 4) is 0 Å². The quantitative estimate of drug-likeness (QED) is 0.337. The number of hydrogen-bond donors (Lipinski definition) is 2. The van der Waals surface area contributed by atoms with E-state index >= 15 is 0 Å². The molecule has 1 aliphatic rings. The topological polar surface area (TPSA) is 127 Å². The molecule has 0 saturated heterocycles. The van der Waals surface area contributed by atoms with Crippen LogP contribution in [0.15, 0.2) is 23.9 Å². The second-order valence-corrected chi connectivity index (χ2v) is 2.67. The van der Waals surface area contributed by atoms with Gasteiger partial charge in [0.1, 0.15) is 0 Å². The highest BCUT2D eigenvalue weighted by atomic mass is 16.7. The van der Waals surface area contributed by atoms with Gasteiger partial charge in [-0.3, -0.25) is 20.2 Å². The van der Waals surface area contributed by atoms with Crippen LogP contribution in [0.4, 0.5) is 0 Å². The number of aliphatic hydroxyl groups is 2. The van der Waals surface area contributed by atoms with Gasteiger partial charge in [-0.1, -0.05) is 0 Å². The van der Waals surface area contributed by atoms with Gasteiger partial charge in [-0.15, -0.1) is 0 Å². The summed E-state index contributed by atoms with van der Waals surface area (Å²) in [4.78, 5) is 18.6. The van der Waals surface area contributed by atoms with Gasteiger partial charge in [0.05, 0.1) is 9.85 Å². The lowest BCUT2D eigenvalue weighted by atomic mass is 10.0. The third kappa shape index (κ3) is 1.47. The first-order chi connectivity index (χ1) is 6.38. The molecule has 14 heavy (non-hydrogen) atoms. The molecule has 0 aromatic carbocycles. The molecule has 0 aromatic heterocycles. The summed E-state index contributed by atoms with van der Waals surface area (Å²) in [7, 11) is 0. The fraction of sp³-hybridized carbons (Fsp3) is 0.333. The minimum atomic E-state index is -2.68. The average molecular weight is 202 g/mol. The van der Waals surface area contributed by atoms with Crippen LogP contribution in [0.5, 0.6) is 0 Å². The van der Waals surface area contributed by atoms with Gasteiger partial charge in [0.2, 0.25) is 0 Å². The summed E-state index contributed by atoms with van der Waals surface area (Å²) in [6, 6.07) is 0. The predicted octanol–water partition coefficient (Wildman–Crippen LogP) is -0.957. The Morgan fingerprint density at radius 1 is 1.43 bits per heavy atom. The van der Waals surface area contributed by atoms with E-state index in [-0.39, 0.29) is 0 Å². The minimum absolute atomic E-state index is 0.496. The Balaban J connectivity index is 3.02. The van der Waals surface area contributed by atoms with E-state index in [4.69, 9.17) is 5.11 Å². The van der Waals surface area contributed by atoms with E-state index in [1.54, 1.807) is 0 Å². The number of aliphatic hydroxyl groups excluding tert-OH is 1. The lowest BCUT2D eigenvalue weighted by Crippen LogP contribution is -2.48. The van der Waals surface area contributed by atoms with E-state index in [0.29, 0.717) is 12.2 Å². The van der Waals surface area contributed by atoms with E-state index in [0.717, 1.165) is 6.08 Å². The van der Waals surface area contributed by atoms with Crippen molar-refractivity contribution in [3.63, 3.8) is 0 Å². The zero-order chi connectivity index (χ0) is 10.9. The van der Waals surface area contributed by atoms with Crippen LogP contribution in [-0.4, -0.2) is 31.9 Å². The highest BCUT2D eigenvalue weighted by Crippen LogP contribution is 2.22. The number of nitro groups is 2. The van der Waals surface area contributed by atoms with Gasteiger partial charge in [-0.25, -0.2) is 0 Å². The summed E-state index contributed by atoms with van der Waals surface area (Å²) in [5, 5.41) is 38.8. The second kappa shape index (κ2) is 3.16. The van der Waals surface area contributed by atoms with E-state index < -0.39 is 27.4 Å². The molecule has 0 saturated carbocycles. The molecule has 0 heterocycles. The lowest BCUT2D eigenvalue weighted by Gasteiger charge is -2.20. The van der Waals surface area contributed by atoms with Gasteiger partial charge in [0.25, 0.3) is 5.70 Å². The van der Waals surface area contributed by atoms with E-state index in [1.807, 2.05) is 0 Å². The SMILES string of the molecule is O=[N+]([O-])C1=CC(O)C(O)([N+](=O)[O-])C=C1. The van der Waals surface area contributed by atoms with Crippen LogP contribution in [0.25, 0.3) is 0 Å². The molecule has 2 N–H and O–H groups in total. The van der Waals surface area contributed by atoms with Crippen LogP contribution in [-0.2, 0) is 0 Å². The van der Waals surface area contributed by atoms with Crippen molar-refractivity contribution in [1.29, 1.82) is 0 Å². The maximum absolute atomic E-state index is 10.3. The largest absolute Gasteiger partial charge is 0.379 e. The Morgan fingerprint density at radius 3 is 2.36 bits per heavy atom. The zero-order valence-corrected chi connectivity index (χ0v) is 6.73. The molecule has 0 spiro atoms. The van der Waals surface area contributed by atoms with Gasteiger partial charge in [0.15, 0.2) is 6.10 Å². The fourth-order valence-electron chi connectivity index (χ4n) is 0.937. The molecule has 76 valence electrons. The summed E-state index contributed by atoms with van der Waals surface area (Å²) < 4.78 is 0. The molecule has 0 radical (unpaired) electrons. The Morgan fingerprint density at radius 2 is 2.00 bits per heavy atom. The normalized spacial score (nSPS) is 31.0. The molecule has 0 bridgehead atoms. The summed E-state index contributed by atoms with van der Waals surface area (Å²) in [5.41, 5.74) is -3.18. The van der Waals surface area contributed by atoms with Crippen molar-refractivity contribution in [2.45, 2.75) is 11.8 Å². The number of nitrogens with zero attached hydrogens (tertiary/aromatic N) is 2. The van der Waals surface area contributed by atoms with Crippen molar-refractivity contribution in [2.24, 2.45) is 0 Å². The lowest BCUT2D eigenvalue weighted by molar-refractivity contribution is -0.618. The highest BCUT2D eigenvalue weighted by molar-refractivity contribution is 5.24. The van der Waals surface area contributed by atoms with Crippen LogP contribution in [0.2, 0.25) is 0 Å². The standard InChI is InChI=1S/C6H6N2O6/c9-5-3-4(7(11)12)1-2-6(5,10)8(13)14/h1-3,5,9-10H. The first-order valence-corrected chi connectivity index (χ1v) is 3.48. The first kappa shape index (κ1) is 10.3. The summed E-state index contributed by atoms with van der Waals surface area (Å²) in [5.74, 6) is 0. The van der Waals surface area contributed by atoms with Gasteiger partial charge < -0.3 is 10.2 Å². The molecule has 0 aliphatic heterocycles. The smallest absolute Gasteiger partial charge is 0.372 e. The van der Waals surface area contributed by atoms with Crippen molar-refractivity contribution in [2.75, 3.05) is 0 Å². The van der Waals surface area contributed by atoms with Crippen LogP contribution >= 0.6 is 0 Å². The molecule has 8 nitrogen and oxygen atoms in total. The second-order valence-electron chi connectivity index (χ2n) is 2.67. The molecule has 2 atom stereocenters. The van der Waals surface area contributed by atoms with Gasteiger partial charge in [0, 0.05) is 18.2 Å². The molecule has 0 fully saturated rings. The highest BCUT2D eigenvalue weighted by Gasteiger charge is 2.48. The average Bonchev–Trinajstić information content (AvgIpc) is 2.09. The predicted molar refractivity (Wildman–Crippen MR) is 42.2 cm³/mol. The third-order valence-corrected chi connectivity index (χ3v) is 1.77. The van der Waals surface area contributed by atoms with Crippen LogP contribution in [0, 0.1) is 20.2 Å². The number of allylic oxidation sites excluding steroid dienone is 1. The Labute approximate surface area is 77.1 Å². The molecule has 1 rings (SSSR count). The molecule has 8 heteroatoms. The molecular weight excluding hydrogens is 196 g/mol. The van der Waals surface area contributed by atoms with E-state index in [1.165, 1.54) is 0 Å². The summed E-state index contributed by atoms with van der Waals surface area (Å²) in [6.45, 7) is 0. The van der Waals surface area contributed by atoms with Crippen LogP contribution in [0.3, 0.4) is 0 Å². The van der Waals surface area contributed by atoms with Crippen LogP contribution < -0.4 is 0 Å². The fourth-order valence-corrected chi connectivity index (χ4v) is 0.937. The Kier molecular flexibility index (Phi) is 2.32. The monoisotopic (exact) mass is 202 g/mol. The van der Waals surface area contributed by atoms with Crippen LogP contribution in [0.1, 0.15) is 0 Å². The molecular formula is C6H6N2O6. The minimum Gasteiger partial charge on any atom is -0.379 e. The van der Waals surface area contributed by atoms with Gasteiger partial charge in [-0.2, -0.15) is 0 Å². The number of rotatable bonds is 2. The maximum atomic E-state index is 10.3. The van der Waals surface area contributed by atoms with Gasteiger partial charge in [-0.05, 0) is 0 Å². The Hall–Kier alpha value is -1.80. The summed E-state index contributed by atoms with van der Waals surface area (Å²) in [6.07, 6.45) is 0.0385. The zero-order valence-electron chi connectivity index (χ0n) is 6.73. The van der Waals surface area contributed by atoms with Crippen molar-refractivity contribution < 1.29 is 20.1 Å². The maximum Gasteiger partial charge on any atom is 0.372 e. The van der Waals surface area contributed by atoms with E-state index in [2.05, 4.69) is 0 Å². The summed E-state index contributed by atoms with van der Waals surface area (Å²) >= 11 is 0. The number of hydrogen-bond acceptors (Lipinski definition) is 6. The molecule has 0 amide bonds. The van der Waals surface area contributed by atoms with Gasteiger partial charge >= 0.3 is 5.72 Å². The van der Waals surface area contributed by atoms with E-state index in [9.17, 15) is 25.3 Å². The Bertz CT molecular complexity index is 348. The third-order valence-electron chi connectivity index (χ3n) is 1.77. The molecule has 1 aliphatic carbocycles. The molecule has 2 unspecified atom stereocenters.